The summed E-state index contributed by atoms with van der Waals surface area (Å²) in [6, 6.07) is 2.88. The van der Waals surface area contributed by atoms with Gasteiger partial charge in [0.25, 0.3) is 0 Å². The summed E-state index contributed by atoms with van der Waals surface area (Å²) in [6.07, 6.45) is 4.23. The van der Waals surface area contributed by atoms with E-state index in [1.54, 1.807) is 10.4 Å². The summed E-state index contributed by atoms with van der Waals surface area (Å²) in [5, 5.41) is 5.88. The normalized spacial score (nSPS) is 29.8. The van der Waals surface area contributed by atoms with Crippen LogP contribution in [0.15, 0.2) is 11.4 Å². The van der Waals surface area contributed by atoms with E-state index in [9.17, 15) is 0 Å². The molecule has 1 spiro atoms. The number of hydrogen-bond acceptors (Lipinski definition) is 2. The van der Waals surface area contributed by atoms with Crippen LogP contribution in [-0.2, 0) is 5.41 Å². The Balaban J connectivity index is 2.09. The van der Waals surface area contributed by atoms with Crippen LogP contribution < -0.4 is 5.32 Å². The molecule has 0 amide bonds. The Hall–Kier alpha value is -0.340. The molecule has 1 aliphatic carbocycles. The summed E-state index contributed by atoms with van der Waals surface area (Å²) in [5.74, 6) is 0. The van der Waals surface area contributed by atoms with Crippen molar-refractivity contribution in [3.05, 3.63) is 21.9 Å². The Labute approximate surface area is 83.2 Å². The van der Waals surface area contributed by atoms with Gasteiger partial charge in [-0.25, -0.2) is 0 Å². The van der Waals surface area contributed by atoms with Crippen LogP contribution in [-0.4, -0.2) is 6.54 Å². The molecule has 13 heavy (non-hydrogen) atoms. The van der Waals surface area contributed by atoms with Gasteiger partial charge in [0.05, 0.1) is 0 Å². The van der Waals surface area contributed by atoms with Crippen LogP contribution in [0.4, 0.5) is 0 Å². The third kappa shape index (κ3) is 0.960. The van der Waals surface area contributed by atoms with Gasteiger partial charge in [-0.3, -0.25) is 0 Å². The highest BCUT2D eigenvalue weighted by Gasteiger charge is 2.44. The van der Waals surface area contributed by atoms with E-state index in [0.717, 1.165) is 0 Å². The molecule has 1 nitrogen and oxygen atoms in total. The first-order chi connectivity index (χ1) is 6.32. The first kappa shape index (κ1) is 8.01. The topological polar surface area (TPSA) is 12.0 Å². The third-order valence-electron chi connectivity index (χ3n) is 3.70. The molecule has 1 aromatic rings. The lowest BCUT2D eigenvalue weighted by atomic mass is 9.65. The van der Waals surface area contributed by atoms with Gasteiger partial charge in [0, 0.05) is 22.9 Å². The van der Waals surface area contributed by atoms with Crippen LogP contribution in [0.25, 0.3) is 0 Å². The summed E-state index contributed by atoms with van der Waals surface area (Å²) >= 11 is 1.97. The first-order valence-corrected chi connectivity index (χ1v) is 6.01. The maximum Gasteiger partial charge on any atom is 0.0303 e. The van der Waals surface area contributed by atoms with E-state index in [2.05, 4.69) is 23.7 Å². The van der Waals surface area contributed by atoms with E-state index in [1.807, 2.05) is 11.3 Å². The molecule has 1 N–H and O–H groups in total. The van der Waals surface area contributed by atoms with Crippen molar-refractivity contribution in [3.8, 4) is 0 Å². The molecule has 1 fully saturated rings. The largest absolute Gasteiger partial charge is 0.309 e. The molecule has 1 aliphatic heterocycles. The van der Waals surface area contributed by atoms with Crippen molar-refractivity contribution < 1.29 is 0 Å². The van der Waals surface area contributed by atoms with E-state index in [1.165, 1.54) is 25.8 Å². The minimum absolute atomic E-state index is 0.552. The predicted molar refractivity (Wildman–Crippen MR) is 56.3 cm³/mol. The summed E-state index contributed by atoms with van der Waals surface area (Å²) < 4.78 is 0. The van der Waals surface area contributed by atoms with E-state index in [0.29, 0.717) is 11.5 Å². The Kier molecular flexibility index (Phi) is 1.59. The Morgan fingerprint density at radius 1 is 1.54 bits per heavy atom. The number of nitrogens with one attached hydrogen (secondary N) is 1. The molecule has 0 radical (unpaired) electrons. The second-order valence-corrected chi connectivity index (χ2v) is 5.36. The third-order valence-corrected chi connectivity index (χ3v) is 4.88. The summed E-state index contributed by atoms with van der Waals surface area (Å²) in [5.41, 5.74) is 2.12. The smallest absolute Gasteiger partial charge is 0.0303 e. The molecule has 1 unspecified atom stereocenters. The lowest BCUT2D eigenvalue weighted by molar-refractivity contribution is 0.214. The first-order valence-electron chi connectivity index (χ1n) is 5.13. The van der Waals surface area contributed by atoms with Crippen molar-refractivity contribution in [3.63, 3.8) is 0 Å². The van der Waals surface area contributed by atoms with Gasteiger partial charge in [0.15, 0.2) is 0 Å². The molecule has 0 bridgehead atoms. The fourth-order valence-corrected chi connectivity index (χ4v) is 3.90. The minimum atomic E-state index is 0.552. The van der Waals surface area contributed by atoms with E-state index >= 15 is 0 Å². The molecule has 3 rings (SSSR count). The number of rotatable bonds is 0. The van der Waals surface area contributed by atoms with Gasteiger partial charge in [-0.2, -0.15) is 0 Å². The summed E-state index contributed by atoms with van der Waals surface area (Å²) in [6.45, 7) is 3.48. The average molecular weight is 193 g/mol. The molecule has 0 saturated heterocycles. The molecule has 1 aromatic heterocycles. The van der Waals surface area contributed by atoms with Crippen molar-refractivity contribution in [1.29, 1.82) is 0 Å². The standard InChI is InChI=1S/C11H15NS/c1-8-9-3-6-13-10(9)11(7-12-8)4-2-5-11/h3,6,8,12H,2,4-5,7H2,1H3. The second-order valence-electron chi connectivity index (χ2n) is 4.44. The zero-order valence-electron chi connectivity index (χ0n) is 7.97. The van der Waals surface area contributed by atoms with Crippen LogP contribution in [0.1, 0.15) is 42.7 Å². The number of fused-ring (bicyclic) bond motifs is 2. The average Bonchev–Trinajstić information content (AvgIpc) is 2.51. The van der Waals surface area contributed by atoms with Crippen molar-refractivity contribution in [2.75, 3.05) is 6.54 Å². The van der Waals surface area contributed by atoms with Crippen molar-refractivity contribution in [2.24, 2.45) is 0 Å². The van der Waals surface area contributed by atoms with Crippen molar-refractivity contribution in [1.82, 2.24) is 5.32 Å². The molecule has 2 aliphatic rings. The van der Waals surface area contributed by atoms with Crippen molar-refractivity contribution in [2.45, 2.75) is 37.6 Å². The fraction of sp³-hybridized carbons (Fsp3) is 0.636. The van der Waals surface area contributed by atoms with Crippen LogP contribution >= 0.6 is 11.3 Å². The predicted octanol–water partition coefficient (Wildman–Crippen LogP) is 2.83. The number of hydrogen-bond donors (Lipinski definition) is 1. The van der Waals surface area contributed by atoms with Gasteiger partial charge < -0.3 is 5.32 Å². The molecule has 1 saturated carbocycles. The zero-order valence-corrected chi connectivity index (χ0v) is 8.79. The van der Waals surface area contributed by atoms with Gasteiger partial charge in [0.1, 0.15) is 0 Å². The van der Waals surface area contributed by atoms with Gasteiger partial charge in [-0.05, 0) is 36.8 Å². The SMILES string of the molecule is CC1NCC2(CCC2)c2sccc21. The quantitative estimate of drug-likeness (QED) is 0.668. The highest BCUT2D eigenvalue weighted by Crippen LogP contribution is 2.50. The molecule has 1 atom stereocenters. The lowest BCUT2D eigenvalue weighted by Gasteiger charge is -2.46. The fourth-order valence-electron chi connectivity index (χ4n) is 2.64. The Morgan fingerprint density at radius 3 is 3.08 bits per heavy atom. The molecular weight excluding hydrogens is 178 g/mol. The van der Waals surface area contributed by atoms with Crippen LogP contribution in [0, 0.1) is 0 Å². The zero-order chi connectivity index (χ0) is 8.89. The van der Waals surface area contributed by atoms with Gasteiger partial charge in [-0.1, -0.05) is 6.42 Å². The maximum absolute atomic E-state index is 3.62. The van der Waals surface area contributed by atoms with Crippen LogP contribution in [0.2, 0.25) is 0 Å². The van der Waals surface area contributed by atoms with Gasteiger partial charge in [-0.15, -0.1) is 11.3 Å². The van der Waals surface area contributed by atoms with E-state index < -0.39 is 0 Å². The molecular formula is C11H15NS. The van der Waals surface area contributed by atoms with E-state index in [4.69, 9.17) is 0 Å². The van der Waals surface area contributed by atoms with Gasteiger partial charge in [0.2, 0.25) is 0 Å². The molecule has 70 valence electrons. The monoisotopic (exact) mass is 193 g/mol. The molecule has 2 heteroatoms. The summed E-state index contributed by atoms with van der Waals surface area (Å²) in [4.78, 5) is 1.69. The maximum atomic E-state index is 3.62. The highest BCUT2D eigenvalue weighted by molar-refractivity contribution is 7.10. The van der Waals surface area contributed by atoms with E-state index in [-0.39, 0.29) is 0 Å². The minimum Gasteiger partial charge on any atom is -0.309 e. The lowest BCUT2D eigenvalue weighted by Crippen LogP contribution is -2.48. The second kappa shape index (κ2) is 2.58. The summed E-state index contributed by atoms with van der Waals surface area (Å²) in [7, 11) is 0. The number of thiophene rings is 1. The van der Waals surface area contributed by atoms with Crippen LogP contribution in [0.5, 0.6) is 0 Å². The molecule has 0 aromatic carbocycles. The highest BCUT2D eigenvalue weighted by atomic mass is 32.1. The molecule has 2 heterocycles. The van der Waals surface area contributed by atoms with Crippen LogP contribution in [0.3, 0.4) is 0 Å². The van der Waals surface area contributed by atoms with Crippen molar-refractivity contribution >= 4 is 11.3 Å². The van der Waals surface area contributed by atoms with Gasteiger partial charge >= 0.3 is 0 Å². The Bertz CT molecular complexity index is 325. The Morgan fingerprint density at radius 2 is 2.38 bits per heavy atom.